The summed E-state index contributed by atoms with van der Waals surface area (Å²) in [6, 6.07) is 16.5. The standard InChI is InChI=1S/C27H29ClFN3O5S/c1-3-15-37-25-14-9-20(16-26(25)36-4-2)17-30-31-27(33)19-32(18-21-7-5-6-8-24(21)29)38(34,35)23-12-10-22(28)11-13-23/h5-14,16-17H,3-4,15,18-19H2,1-2H3,(H,31,33)/b30-17+. The van der Waals surface area contributed by atoms with Crippen molar-refractivity contribution in [1.29, 1.82) is 0 Å². The summed E-state index contributed by atoms with van der Waals surface area (Å²) in [5, 5.41) is 4.30. The lowest BCUT2D eigenvalue weighted by molar-refractivity contribution is -0.121. The molecule has 202 valence electrons. The molecule has 1 amide bonds. The molecule has 0 heterocycles. The number of amides is 1. The highest BCUT2D eigenvalue weighted by Crippen LogP contribution is 2.28. The quantitative estimate of drug-likeness (QED) is 0.234. The van der Waals surface area contributed by atoms with Gasteiger partial charge in [-0.2, -0.15) is 9.41 Å². The number of hydrogen-bond donors (Lipinski definition) is 1. The van der Waals surface area contributed by atoms with Crippen LogP contribution in [0.3, 0.4) is 0 Å². The van der Waals surface area contributed by atoms with Crippen molar-refractivity contribution in [1.82, 2.24) is 9.73 Å². The Hall–Kier alpha value is -3.47. The Morgan fingerprint density at radius 1 is 1.05 bits per heavy atom. The van der Waals surface area contributed by atoms with Crippen LogP contribution in [0, 0.1) is 5.82 Å². The first-order valence-electron chi connectivity index (χ1n) is 11.9. The van der Waals surface area contributed by atoms with Crippen LogP contribution in [0.5, 0.6) is 11.5 Å². The summed E-state index contributed by atoms with van der Waals surface area (Å²) in [5.74, 6) is -0.144. The zero-order chi connectivity index (χ0) is 27.5. The van der Waals surface area contributed by atoms with E-state index in [1.54, 1.807) is 24.3 Å². The topological polar surface area (TPSA) is 97.3 Å². The molecule has 11 heteroatoms. The van der Waals surface area contributed by atoms with Crippen LogP contribution in [0.1, 0.15) is 31.4 Å². The maximum atomic E-state index is 14.3. The maximum Gasteiger partial charge on any atom is 0.255 e. The summed E-state index contributed by atoms with van der Waals surface area (Å²) in [7, 11) is -4.16. The number of benzene rings is 3. The van der Waals surface area contributed by atoms with E-state index in [0.717, 1.165) is 10.7 Å². The molecule has 0 saturated heterocycles. The Bertz CT molecular complexity index is 1370. The normalized spacial score (nSPS) is 11.6. The predicted molar refractivity (Wildman–Crippen MR) is 145 cm³/mol. The lowest BCUT2D eigenvalue weighted by atomic mass is 10.2. The molecule has 8 nitrogen and oxygen atoms in total. The zero-order valence-corrected chi connectivity index (χ0v) is 22.6. The smallest absolute Gasteiger partial charge is 0.255 e. The van der Waals surface area contributed by atoms with Gasteiger partial charge in [0.1, 0.15) is 5.82 Å². The first kappa shape index (κ1) is 29.1. The molecule has 0 radical (unpaired) electrons. The fraction of sp³-hybridized carbons (Fsp3) is 0.259. The molecule has 0 unspecified atom stereocenters. The minimum Gasteiger partial charge on any atom is -0.490 e. The summed E-state index contributed by atoms with van der Waals surface area (Å²) in [5.41, 5.74) is 3.09. The largest absolute Gasteiger partial charge is 0.490 e. The van der Waals surface area contributed by atoms with Gasteiger partial charge < -0.3 is 9.47 Å². The number of carbonyl (C=O) groups excluding carboxylic acids is 1. The van der Waals surface area contributed by atoms with Gasteiger partial charge in [-0.05, 0) is 67.4 Å². The van der Waals surface area contributed by atoms with Gasteiger partial charge >= 0.3 is 0 Å². The van der Waals surface area contributed by atoms with Crippen molar-refractivity contribution in [3.63, 3.8) is 0 Å². The number of nitrogens with zero attached hydrogens (tertiary/aromatic N) is 2. The van der Waals surface area contributed by atoms with Crippen LogP contribution in [0.4, 0.5) is 4.39 Å². The summed E-state index contributed by atoms with van der Waals surface area (Å²) < 4.78 is 53.1. The lowest BCUT2D eigenvalue weighted by Gasteiger charge is -2.21. The molecule has 3 aromatic rings. The van der Waals surface area contributed by atoms with E-state index in [0.29, 0.717) is 35.3 Å². The number of hydrazone groups is 1. The van der Waals surface area contributed by atoms with Crippen LogP contribution >= 0.6 is 11.6 Å². The number of ether oxygens (including phenoxy) is 2. The van der Waals surface area contributed by atoms with Crippen molar-refractivity contribution >= 4 is 33.7 Å². The van der Waals surface area contributed by atoms with Gasteiger partial charge in [-0.1, -0.05) is 36.7 Å². The summed E-state index contributed by atoms with van der Waals surface area (Å²) in [6.45, 7) is 3.90. The molecule has 0 spiro atoms. The van der Waals surface area contributed by atoms with Crippen LogP contribution in [0.15, 0.2) is 76.7 Å². The summed E-state index contributed by atoms with van der Waals surface area (Å²) >= 11 is 5.89. The fourth-order valence-corrected chi connectivity index (χ4v) is 4.88. The Labute approximate surface area is 227 Å². The van der Waals surface area contributed by atoms with Gasteiger partial charge in [0.05, 0.1) is 30.9 Å². The molecule has 3 rings (SSSR count). The van der Waals surface area contributed by atoms with Crippen LogP contribution in [0.25, 0.3) is 0 Å². The third kappa shape index (κ3) is 8.01. The van der Waals surface area contributed by atoms with Gasteiger partial charge in [0.25, 0.3) is 5.91 Å². The first-order chi connectivity index (χ1) is 18.2. The molecule has 38 heavy (non-hydrogen) atoms. The molecule has 0 fully saturated rings. The predicted octanol–water partition coefficient (Wildman–Crippen LogP) is 5.01. The molecule has 0 aromatic heterocycles. The van der Waals surface area contributed by atoms with E-state index in [9.17, 15) is 17.6 Å². The van der Waals surface area contributed by atoms with Crippen molar-refractivity contribution < 1.29 is 27.1 Å². The molecule has 0 aliphatic rings. The summed E-state index contributed by atoms with van der Waals surface area (Å²) in [4.78, 5) is 12.6. The van der Waals surface area contributed by atoms with Gasteiger partial charge in [0, 0.05) is 17.1 Å². The van der Waals surface area contributed by atoms with E-state index in [4.69, 9.17) is 21.1 Å². The Morgan fingerprint density at radius 3 is 2.47 bits per heavy atom. The monoisotopic (exact) mass is 561 g/mol. The second-order valence-electron chi connectivity index (χ2n) is 8.10. The van der Waals surface area contributed by atoms with Crippen LogP contribution in [-0.4, -0.2) is 44.6 Å². The van der Waals surface area contributed by atoms with Crippen molar-refractivity contribution in [2.75, 3.05) is 19.8 Å². The van der Waals surface area contributed by atoms with Crippen molar-refractivity contribution in [2.24, 2.45) is 5.10 Å². The van der Waals surface area contributed by atoms with E-state index in [1.165, 1.54) is 48.7 Å². The highest BCUT2D eigenvalue weighted by Gasteiger charge is 2.27. The Kier molecular flexibility index (Phi) is 10.6. The second kappa shape index (κ2) is 13.9. The van der Waals surface area contributed by atoms with Gasteiger partial charge in [0.15, 0.2) is 11.5 Å². The Morgan fingerprint density at radius 2 is 1.79 bits per heavy atom. The molecule has 0 atom stereocenters. The number of halogens is 2. The van der Waals surface area contributed by atoms with Gasteiger partial charge in [-0.15, -0.1) is 0 Å². The third-order valence-corrected chi connectivity index (χ3v) is 7.27. The molecule has 0 aliphatic carbocycles. The zero-order valence-electron chi connectivity index (χ0n) is 21.1. The summed E-state index contributed by atoms with van der Waals surface area (Å²) in [6.07, 6.45) is 2.25. The maximum absolute atomic E-state index is 14.3. The molecule has 0 bridgehead atoms. The minimum atomic E-state index is -4.16. The van der Waals surface area contributed by atoms with Crippen LogP contribution < -0.4 is 14.9 Å². The number of hydrogen-bond acceptors (Lipinski definition) is 6. The number of carbonyl (C=O) groups is 1. The van der Waals surface area contributed by atoms with Gasteiger partial charge in [-0.25, -0.2) is 18.2 Å². The SMILES string of the molecule is CCCOc1ccc(/C=N/NC(=O)CN(Cc2ccccc2F)S(=O)(=O)c2ccc(Cl)cc2)cc1OCC. The lowest BCUT2D eigenvalue weighted by Crippen LogP contribution is -2.39. The molecule has 1 N–H and O–H groups in total. The van der Waals surface area contributed by atoms with Crippen molar-refractivity contribution in [2.45, 2.75) is 31.7 Å². The highest BCUT2D eigenvalue weighted by molar-refractivity contribution is 7.89. The average Bonchev–Trinajstić information content (AvgIpc) is 2.89. The first-order valence-corrected chi connectivity index (χ1v) is 13.8. The molecule has 0 aliphatic heterocycles. The van der Waals surface area contributed by atoms with E-state index in [1.807, 2.05) is 13.8 Å². The van der Waals surface area contributed by atoms with E-state index in [2.05, 4.69) is 10.5 Å². The minimum absolute atomic E-state index is 0.0802. The number of rotatable bonds is 13. The second-order valence-corrected chi connectivity index (χ2v) is 10.5. The molecular weight excluding hydrogens is 533 g/mol. The van der Waals surface area contributed by atoms with Crippen LogP contribution in [0.2, 0.25) is 5.02 Å². The molecule has 3 aromatic carbocycles. The highest BCUT2D eigenvalue weighted by atomic mass is 35.5. The van der Waals surface area contributed by atoms with Gasteiger partial charge in [-0.3, -0.25) is 4.79 Å². The Balaban J connectivity index is 1.76. The van der Waals surface area contributed by atoms with Crippen LogP contribution in [-0.2, 0) is 21.4 Å². The van der Waals surface area contributed by atoms with E-state index < -0.39 is 28.3 Å². The molecule has 0 saturated carbocycles. The van der Waals surface area contributed by atoms with Gasteiger partial charge in [0.2, 0.25) is 10.0 Å². The number of nitrogens with one attached hydrogen (secondary N) is 1. The number of sulfonamides is 1. The van der Waals surface area contributed by atoms with E-state index in [-0.39, 0.29) is 17.0 Å². The van der Waals surface area contributed by atoms with Crippen molar-refractivity contribution in [3.05, 3.63) is 88.7 Å². The fourth-order valence-electron chi connectivity index (χ4n) is 3.38. The van der Waals surface area contributed by atoms with E-state index >= 15 is 0 Å². The third-order valence-electron chi connectivity index (χ3n) is 5.21. The molecular formula is C27H29ClFN3O5S. The average molecular weight is 562 g/mol. The van der Waals surface area contributed by atoms with Crippen molar-refractivity contribution in [3.8, 4) is 11.5 Å².